The fourth-order valence-electron chi connectivity index (χ4n) is 2.41. The second kappa shape index (κ2) is 7.24. The summed E-state index contributed by atoms with van der Waals surface area (Å²) < 4.78 is 0. The third-order valence-corrected chi connectivity index (χ3v) is 3.44. The molecule has 0 spiro atoms. The molecule has 0 aromatic rings. The summed E-state index contributed by atoms with van der Waals surface area (Å²) in [7, 11) is 0. The Morgan fingerprint density at radius 1 is 1.40 bits per heavy atom. The molecule has 2 heteroatoms. The zero-order valence-corrected chi connectivity index (χ0v) is 10.8. The molecule has 1 saturated heterocycles. The Hall–Kier alpha value is -0.0800. The molecule has 0 aromatic heterocycles. The number of likely N-dealkylation sites (tertiary alicyclic amines) is 1. The minimum Gasteiger partial charge on any atom is -0.317 e. The van der Waals surface area contributed by atoms with Gasteiger partial charge in [0.1, 0.15) is 0 Å². The number of nitrogens with one attached hydrogen (secondary N) is 1. The minimum atomic E-state index is 0. The average Bonchev–Trinajstić information content (AvgIpc) is 2.25. The van der Waals surface area contributed by atoms with Crippen LogP contribution in [-0.2, 0) is 0 Å². The van der Waals surface area contributed by atoms with E-state index in [0.29, 0.717) is 0 Å². The summed E-state index contributed by atoms with van der Waals surface area (Å²) in [6.45, 7) is 11.9. The predicted octanol–water partition coefficient (Wildman–Crippen LogP) is 2.74. The lowest BCUT2D eigenvalue weighted by atomic mass is 9.94. The van der Waals surface area contributed by atoms with E-state index in [-0.39, 0.29) is 1.43 Å². The number of hydrogen-bond donors (Lipinski definition) is 1. The van der Waals surface area contributed by atoms with Gasteiger partial charge >= 0.3 is 0 Å². The monoisotopic (exact) mass is 214 g/mol. The lowest BCUT2D eigenvalue weighted by Crippen LogP contribution is -2.40. The van der Waals surface area contributed by atoms with Crippen LogP contribution in [0, 0.1) is 5.92 Å². The van der Waals surface area contributed by atoms with Gasteiger partial charge in [-0.3, -0.25) is 0 Å². The highest BCUT2D eigenvalue weighted by atomic mass is 15.2. The van der Waals surface area contributed by atoms with E-state index in [0.717, 1.165) is 12.0 Å². The molecule has 1 rings (SSSR count). The fourth-order valence-corrected chi connectivity index (χ4v) is 2.41. The van der Waals surface area contributed by atoms with Gasteiger partial charge in [0.25, 0.3) is 0 Å². The maximum Gasteiger partial charge on any atom is 0.00387 e. The van der Waals surface area contributed by atoms with E-state index in [1.807, 2.05) is 0 Å². The van der Waals surface area contributed by atoms with E-state index >= 15 is 0 Å². The highest BCUT2D eigenvalue weighted by molar-refractivity contribution is 4.75. The molecule has 0 saturated carbocycles. The molecule has 92 valence electrons. The molecule has 1 aliphatic rings. The first-order valence-corrected chi connectivity index (χ1v) is 6.68. The Morgan fingerprint density at radius 2 is 2.20 bits per heavy atom. The van der Waals surface area contributed by atoms with Gasteiger partial charge in [0.15, 0.2) is 0 Å². The summed E-state index contributed by atoms with van der Waals surface area (Å²) in [5.41, 5.74) is 0. The van der Waals surface area contributed by atoms with Crippen LogP contribution in [0.1, 0.15) is 47.9 Å². The Bertz CT molecular complexity index is 162. The number of nitrogens with zero attached hydrogens (tertiary/aromatic N) is 1. The Kier molecular flexibility index (Phi) is 6.26. The Balaban J connectivity index is 0.00000225. The van der Waals surface area contributed by atoms with Crippen LogP contribution in [0.4, 0.5) is 0 Å². The molecule has 0 radical (unpaired) electrons. The van der Waals surface area contributed by atoms with Crippen molar-refractivity contribution in [1.29, 1.82) is 0 Å². The molecule has 1 atom stereocenters. The molecule has 0 amide bonds. The van der Waals surface area contributed by atoms with E-state index in [1.54, 1.807) is 0 Å². The third-order valence-electron chi connectivity index (χ3n) is 3.44. The van der Waals surface area contributed by atoms with Gasteiger partial charge in [-0.2, -0.15) is 0 Å². The average molecular weight is 214 g/mol. The van der Waals surface area contributed by atoms with Crippen molar-refractivity contribution in [3.8, 4) is 0 Å². The molecule has 1 unspecified atom stereocenters. The molecule has 0 bridgehead atoms. The molecule has 1 aliphatic heterocycles. The summed E-state index contributed by atoms with van der Waals surface area (Å²) in [6, 6.07) is 0.733. The van der Waals surface area contributed by atoms with Crippen molar-refractivity contribution in [2.24, 2.45) is 5.92 Å². The van der Waals surface area contributed by atoms with Crippen LogP contribution < -0.4 is 5.32 Å². The van der Waals surface area contributed by atoms with Crippen LogP contribution in [0.3, 0.4) is 0 Å². The van der Waals surface area contributed by atoms with Crippen LogP contribution in [0.2, 0.25) is 0 Å². The number of rotatable bonds is 6. The second-order valence-electron chi connectivity index (χ2n) is 5.14. The van der Waals surface area contributed by atoms with Crippen LogP contribution in [-0.4, -0.2) is 37.1 Å². The number of piperidine rings is 1. The van der Waals surface area contributed by atoms with Crippen molar-refractivity contribution in [2.45, 2.75) is 52.5 Å². The van der Waals surface area contributed by atoms with Gasteiger partial charge in [-0.15, -0.1) is 0 Å². The summed E-state index contributed by atoms with van der Waals surface area (Å²) >= 11 is 0. The first kappa shape index (κ1) is 13.0. The van der Waals surface area contributed by atoms with Crippen LogP contribution in [0.5, 0.6) is 0 Å². The van der Waals surface area contributed by atoms with E-state index < -0.39 is 0 Å². The standard InChI is InChI=1S/C13H28N2.H2/c1-4-8-14-9-7-13-6-5-10-15(11-13)12(2)3;/h12-14H,4-11H2,1-3H3;1H. The van der Waals surface area contributed by atoms with E-state index in [1.165, 1.54) is 51.9 Å². The number of hydrogen-bond acceptors (Lipinski definition) is 2. The van der Waals surface area contributed by atoms with Crippen LogP contribution in [0.15, 0.2) is 0 Å². The molecular formula is C13H30N2. The maximum absolute atomic E-state index is 3.51. The van der Waals surface area contributed by atoms with Crippen molar-refractivity contribution < 1.29 is 1.43 Å². The molecule has 0 aliphatic carbocycles. The summed E-state index contributed by atoms with van der Waals surface area (Å²) in [4.78, 5) is 2.63. The van der Waals surface area contributed by atoms with Crippen molar-refractivity contribution >= 4 is 0 Å². The van der Waals surface area contributed by atoms with Crippen molar-refractivity contribution in [1.82, 2.24) is 10.2 Å². The lowest BCUT2D eigenvalue weighted by Gasteiger charge is -2.35. The van der Waals surface area contributed by atoms with Crippen LogP contribution in [0.25, 0.3) is 0 Å². The first-order chi connectivity index (χ1) is 7.24. The summed E-state index contributed by atoms with van der Waals surface area (Å²) in [5, 5.41) is 3.51. The van der Waals surface area contributed by atoms with E-state index in [4.69, 9.17) is 0 Å². The Labute approximate surface area is 96.9 Å². The molecule has 15 heavy (non-hydrogen) atoms. The van der Waals surface area contributed by atoms with Gasteiger partial charge in [0.05, 0.1) is 0 Å². The first-order valence-electron chi connectivity index (χ1n) is 6.68. The summed E-state index contributed by atoms with van der Waals surface area (Å²) in [5.74, 6) is 0.936. The molecule has 2 nitrogen and oxygen atoms in total. The molecule has 1 N–H and O–H groups in total. The smallest absolute Gasteiger partial charge is 0.00387 e. The molecule has 0 aromatic carbocycles. The van der Waals surface area contributed by atoms with Gasteiger partial charge in [0.2, 0.25) is 0 Å². The Morgan fingerprint density at radius 3 is 2.87 bits per heavy atom. The SMILES string of the molecule is CCCNCCC1CCCN(C(C)C)C1.[HH]. The lowest BCUT2D eigenvalue weighted by molar-refractivity contribution is 0.135. The van der Waals surface area contributed by atoms with Gasteiger partial charge in [-0.25, -0.2) is 0 Å². The molecule has 1 fully saturated rings. The van der Waals surface area contributed by atoms with E-state index in [2.05, 4.69) is 31.0 Å². The van der Waals surface area contributed by atoms with Gasteiger partial charge in [-0.1, -0.05) is 6.92 Å². The highest BCUT2D eigenvalue weighted by Crippen LogP contribution is 2.20. The topological polar surface area (TPSA) is 15.3 Å². The predicted molar refractivity (Wildman–Crippen MR) is 69.3 cm³/mol. The van der Waals surface area contributed by atoms with E-state index in [9.17, 15) is 0 Å². The normalized spacial score (nSPS) is 23.6. The summed E-state index contributed by atoms with van der Waals surface area (Å²) in [6.07, 6.45) is 5.46. The van der Waals surface area contributed by atoms with Gasteiger partial charge in [0, 0.05) is 14.0 Å². The zero-order valence-electron chi connectivity index (χ0n) is 10.8. The largest absolute Gasteiger partial charge is 0.317 e. The third kappa shape index (κ3) is 4.98. The van der Waals surface area contributed by atoms with Crippen molar-refractivity contribution in [3.05, 3.63) is 0 Å². The minimum absolute atomic E-state index is 0. The highest BCUT2D eigenvalue weighted by Gasteiger charge is 2.20. The van der Waals surface area contributed by atoms with Gasteiger partial charge < -0.3 is 10.2 Å². The van der Waals surface area contributed by atoms with Crippen molar-refractivity contribution in [3.63, 3.8) is 0 Å². The quantitative estimate of drug-likeness (QED) is 0.684. The fraction of sp³-hybridized carbons (Fsp3) is 1.00. The maximum atomic E-state index is 3.51. The van der Waals surface area contributed by atoms with Crippen molar-refractivity contribution in [2.75, 3.05) is 26.2 Å². The molecular weight excluding hydrogens is 184 g/mol. The van der Waals surface area contributed by atoms with Crippen LogP contribution >= 0.6 is 0 Å². The molecule has 1 heterocycles. The zero-order chi connectivity index (χ0) is 11.1. The van der Waals surface area contributed by atoms with Gasteiger partial charge in [-0.05, 0) is 65.1 Å². The second-order valence-corrected chi connectivity index (χ2v) is 5.14.